The summed E-state index contributed by atoms with van der Waals surface area (Å²) in [5.74, 6) is -1.10. The van der Waals surface area contributed by atoms with Crippen LogP contribution in [-0.2, 0) is 6.61 Å². The average molecular weight is 293 g/mol. The molecule has 0 aliphatic heterocycles. The van der Waals surface area contributed by atoms with Crippen molar-refractivity contribution in [2.45, 2.75) is 6.61 Å². The number of carbonyl (C=O) groups is 1. The van der Waals surface area contributed by atoms with Gasteiger partial charge >= 0.3 is 11.9 Å². The van der Waals surface area contributed by atoms with Gasteiger partial charge in [0.2, 0.25) is 0 Å². The summed E-state index contributed by atoms with van der Waals surface area (Å²) in [4.78, 5) is 21.0. The summed E-state index contributed by atoms with van der Waals surface area (Å²) in [6, 6.07) is 7.01. The van der Waals surface area contributed by atoms with Gasteiger partial charge in [0.05, 0.1) is 13.2 Å². The van der Waals surface area contributed by atoms with Crippen LogP contribution in [0.4, 0.5) is 5.88 Å². The maximum absolute atomic E-state index is 11.1. The molecule has 1 aromatic heterocycles. The summed E-state index contributed by atoms with van der Waals surface area (Å²) in [5, 5.41) is 19.6. The average Bonchev–Trinajstić information content (AvgIpc) is 2.93. The summed E-state index contributed by atoms with van der Waals surface area (Å²) in [6.45, 7) is -0.158. The van der Waals surface area contributed by atoms with E-state index < -0.39 is 16.8 Å². The number of nitro groups is 1. The van der Waals surface area contributed by atoms with E-state index in [0.717, 1.165) is 0 Å². The highest BCUT2D eigenvalue weighted by Crippen LogP contribution is 2.32. The predicted octanol–water partition coefficient (Wildman–Crippen LogP) is 2.47. The van der Waals surface area contributed by atoms with Crippen LogP contribution in [0.1, 0.15) is 16.1 Å². The topological polar surface area (TPSA) is 112 Å². The lowest BCUT2D eigenvalue weighted by atomic mass is 10.2. The number of benzene rings is 1. The first kappa shape index (κ1) is 14.4. The molecule has 8 nitrogen and oxygen atoms in total. The van der Waals surface area contributed by atoms with Crippen molar-refractivity contribution in [2.24, 2.45) is 0 Å². The lowest BCUT2D eigenvalue weighted by molar-refractivity contribution is -0.402. The summed E-state index contributed by atoms with van der Waals surface area (Å²) < 4.78 is 15.3. The Bertz CT molecular complexity index is 677. The zero-order chi connectivity index (χ0) is 15.4. The Hall–Kier alpha value is -3.03. The number of hydrogen-bond acceptors (Lipinski definition) is 6. The van der Waals surface area contributed by atoms with Crippen molar-refractivity contribution in [2.75, 3.05) is 7.11 Å². The van der Waals surface area contributed by atoms with Gasteiger partial charge in [-0.3, -0.25) is 10.1 Å². The van der Waals surface area contributed by atoms with Gasteiger partial charge in [-0.25, -0.2) is 4.79 Å². The summed E-state index contributed by atoms with van der Waals surface area (Å²) in [7, 11) is 1.38. The first-order valence-electron chi connectivity index (χ1n) is 5.79. The molecule has 0 unspecified atom stereocenters. The summed E-state index contributed by atoms with van der Waals surface area (Å²) >= 11 is 0. The van der Waals surface area contributed by atoms with E-state index in [9.17, 15) is 14.9 Å². The van der Waals surface area contributed by atoms with Gasteiger partial charge < -0.3 is 19.0 Å². The van der Waals surface area contributed by atoms with Gasteiger partial charge in [-0.2, -0.15) is 0 Å². The molecule has 110 valence electrons. The molecule has 0 aliphatic carbocycles. The molecule has 1 aromatic carbocycles. The Morgan fingerprint density at radius 1 is 1.38 bits per heavy atom. The Kier molecular flexibility index (Phi) is 4.07. The minimum Gasteiger partial charge on any atom is -0.493 e. The van der Waals surface area contributed by atoms with E-state index >= 15 is 0 Å². The molecule has 2 rings (SSSR count). The normalized spacial score (nSPS) is 10.1. The van der Waals surface area contributed by atoms with Crippen LogP contribution in [0.2, 0.25) is 0 Å². The number of para-hydroxylation sites is 1. The molecule has 0 amide bonds. The Morgan fingerprint density at radius 2 is 2.14 bits per heavy atom. The lowest BCUT2D eigenvalue weighted by Gasteiger charge is -2.11. The third kappa shape index (κ3) is 3.11. The summed E-state index contributed by atoms with van der Waals surface area (Å²) in [5.41, 5.74) is -0.0737. The molecule has 1 heterocycles. The van der Waals surface area contributed by atoms with Crippen molar-refractivity contribution in [3.63, 3.8) is 0 Å². The molecule has 0 saturated carbocycles. The molecule has 0 aliphatic rings. The minimum absolute atomic E-state index is 0.0338. The third-order valence-electron chi connectivity index (χ3n) is 2.62. The van der Waals surface area contributed by atoms with Crippen LogP contribution >= 0.6 is 0 Å². The number of nitrogens with zero attached hydrogens (tertiary/aromatic N) is 1. The molecular weight excluding hydrogens is 282 g/mol. The van der Waals surface area contributed by atoms with Crippen molar-refractivity contribution >= 4 is 11.9 Å². The SMILES string of the molecule is COc1cccc(C(=O)O)c1OCc1ccc([N+](=O)[O-])o1. The molecule has 2 aromatic rings. The fraction of sp³-hybridized carbons (Fsp3) is 0.154. The molecule has 0 fully saturated rings. The molecule has 0 radical (unpaired) electrons. The molecule has 21 heavy (non-hydrogen) atoms. The van der Waals surface area contributed by atoms with E-state index in [1.807, 2.05) is 0 Å². The van der Waals surface area contributed by atoms with Crippen LogP contribution in [0.3, 0.4) is 0 Å². The monoisotopic (exact) mass is 293 g/mol. The molecular formula is C13H11NO7. The van der Waals surface area contributed by atoms with Crippen LogP contribution in [0, 0.1) is 10.1 Å². The van der Waals surface area contributed by atoms with Gasteiger partial charge in [0.25, 0.3) is 0 Å². The standard InChI is InChI=1S/C13H11NO7/c1-19-10-4-2-3-9(13(15)16)12(10)20-7-8-5-6-11(21-8)14(17)18/h2-6H,7H2,1H3,(H,15,16). The molecule has 0 saturated heterocycles. The van der Waals surface area contributed by atoms with Crippen molar-refractivity contribution < 1.29 is 28.7 Å². The highest BCUT2D eigenvalue weighted by atomic mass is 16.6. The number of furan rings is 1. The highest BCUT2D eigenvalue weighted by molar-refractivity contribution is 5.92. The first-order valence-corrected chi connectivity index (χ1v) is 5.79. The Morgan fingerprint density at radius 3 is 2.71 bits per heavy atom. The fourth-order valence-electron chi connectivity index (χ4n) is 1.68. The Balaban J connectivity index is 2.22. The number of carboxylic acids is 1. The third-order valence-corrected chi connectivity index (χ3v) is 2.62. The number of methoxy groups -OCH3 is 1. The van der Waals surface area contributed by atoms with Crippen LogP contribution in [-0.4, -0.2) is 23.1 Å². The zero-order valence-electron chi connectivity index (χ0n) is 10.9. The van der Waals surface area contributed by atoms with Gasteiger partial charge in [0.15, 0.2) is 11.5 Å². The minimum atomic E-state index is -1.17. The van der Waals surface area contributed by atoms with E-state index in [1.165, 1.54) is 31.4 Å². The second-order valence-electron chi connectivity index (χ2n) is 3.93. The number of rotatable bonds is 6. The lowest BCUT2D eigenvalue weighted by Crippen LogP contribution is -2.04. The Labute approximate surface area is 118 Å². The largest absolute Gasteiger partial charge is 0.493 e. The van der Waals surface area contributed by atoms with Gasteiger partial charge in [-0.15, -0.1) is 0 Å². The van der Waals surface area contributed by atoms with Crippen molar-refractivity contribution in [1.82, 2.24) is 0 Å². The molecule has 8 heteroatoms. The number of ether oxygens (including phenoxy) is 2. The quantitative estimate of drug-likeness (QED) is 0.643. The molecule has 0 bridgehead atoms. The van der Waals surface area contributed by atoms with Crippen molar-refractivity contribution in [1.29, 1.82) is 0 Å². The predicted molar refractivity (Wildman–Crippen MR) is 69.6 cm³/mol. The number of carboxylic acid groups (broad SMARTS) is 1. The van der Waals surface area contributed by atoms with E-state index in [0.29, 0.717) is 0 Å². The van der Waals surface area contributed by atoms with E-state index in [1.54, 1.807) is 6.07 Å². The first-order chi connectivity index (χ1) is 10.0. The van der Waals surface area contributed by atoms with E-state index in [2.05, 4.69) is 0 Å². The van der Waals surface area contributed by atoms with E-state index in [-0.39, 0.29) is 29.4 Å². The second kappa shape index (κ2) is 5.95. The van der Waals surface area contributed by atoms with Crippen molar-refractivity contribution in [3.05, 3.63) is 51.8 Å². The number of aromatic carboxylic acids is 1. The number of hydrogen-bond donors (Lipinski definition) is 1. The second-order valence-corrected chi connectivity index (χ2v) is 3.93. The molecule has 1 N–H and O–H groups in total. The smallest absolute Gasteiger partial charge is 0.433 e. The maximum Gasteiger partial charge on any atom is 0.433 e. The fourth-order valence-corrected chi connectivity index (χ4v) is 1.68. The van der Waals surface area contributed by atoms with Gasteiger partial charge in [0.1, 0.15) is 22.9 Å². The van der Waals surface area contributed by atoms with Gasteiger partial charge in [-0.1, -0.05) is 6.07 Å². The maximum atomic E-state index is 11.1. The van der Waals surface area contributed by atoms with Crippen LogP contribution in [0.5, 0.6) is 11.5 Å². The molecule has 0 spiro atoms. The van der Waals surface area contributed by atoms with Crippen molar-refractivity contribution in [3.8, 4) is 11.5 Å². The van der Waals surface area contributed by atoms with Gasteiger partial charge in [0, 0.05) is 0 Å². The van der Waals surface area contributed by atoms with Crippen LogP contribution < -0.4 is 9.47 Å². The van der Waals surface area contributed by atoms with Crippen LogP contribution in [0.25, 0.3) is 0 Å². The molecule has 0 atom stereocenters. The van der Waals surface area contributed by atoms with E-state index in [4.69, 9.17) is 19.0 Å². The highest BCUT2D eigenvalue weighted by Gasteiger charge is 2.18. The van der Waals surface area contributed by atoms with Gasteiger partial charge in [-0.05, 0) is 18.2 Å². The summed E-state index contributed by atoms with van der Waals surface area (Å²) in [6.07, 6.45) is 0. The zero-order valence-corrected chi connectivity index (χ0v) is 10.9. The van der Waals surface area contributed by atoms with Crippen LogP contribution in [0.15, 0.2) is 34.7 Å².